The van der Waals surface area contributed by atoms with Crippen molar-refractivity contribution in [2.24, 2.45) is 0 Å². The largest absolute Gasteiger partial charge is 0.497 e. The fourth-order valence-electron chi connectivity index (χ4n) is 3.61. The van der Waals surface area contributed by atoms with Gasteiger partial charge in [-0.2, -0.15) is 9.78 Å². The number of nitrogens with zero attached hydrogens (tertiary/aromatic N) is 2. The molecule has 0 aliphatic heterocycles. The summed E-state index contributed by atoms with van der Waals surface area (Å²) in [5.74, 6) is -0.988. The van der Waals surface area contributed by atoms with Crippen LogP contribution in [0.3, 0.4) is 0 Å². The van der Waals surface area contributed by atoms with Crippen molar-refractivity contribution >= 4 is 5.91 Å². The van der Waals surface area contributed by atoms with Gasteiger partial charge in [0.25, 0.3) is 11.5 Å². The van der Waals surface area contributed by atoms with Crippen molar-refractivity contribution in [2.45, 2.75) is 32.5 Å². The first-order chi connectivity index (χ1) is 15.6. The van der Waals surface area contributed by atoms with Gasteiger partial charge < -0.3 is 15.2 Å². The third-order valence-corrected chi connectivity index (χ3v) is 5.46. The number of aliphatic hydroxyl groups is 1. The van der Waals surface area contributed by atoms with Crippen LogP contribution in [-0.4, -0.2) is 34.5 Å². The second-order valence-electron chi connectivity index (χ2n) is 7.86. The highest BCUT2D eigenvalue weighted by Gasteiger charge is 2.28. The van der Waals surface area contributed by atoms with Crippen LogP contribution in [0.15, 0.2) is 53.3 Å². The van der Waals surface area contributed by atoms with Crippen molar-refractivity contribution in [2.75, 3.05) is 13.7 Å². The number of carbonyl (C=O) groups excluding carboxylic acids is 1. The summed E-state index contributed by atoms with van der Waals surface area (Å²) in [5.41, 5.74) is -1.24. The SMILES string of the molecule is COc1ccc(F)c(-n2nc(C(=O)N[C@H](C)c3cccc(C(C)(F)CO)c3C)ccc2=O)c1. The molecule has 0 radical (unpaired) electrons. The summed E-state index contributed by atoms with van der Waals surface area (Å²) in [5, 5.41) is 16.2. The first-order valence-corrected chi connectivity index (χ1v) is 10.2. The lowest BCUT2D eigenvalue weighted by molar-refractivity contribution is 0.0860. The maximum Gasteiger partial charge on any atom is 0.272 e. The molecule has 1 heterocycles. The molecule has 0 fully saturated rings. The van der Waals surface area contributed by atoms with Crippen LogP contribution in [-0.2, 0) is 5.67 Å². The Hall–Kier alpha value is -3.59. The highest BCUT2D eigenvalue weighted by atomic mass is 19.1. The van der Waals surface area contributed by atoms with Crippen LogP contribution in [0, 0.1) is 12.7 Å². The zero-order valence-electron chi connectivity index (χ0n) is 18.7. The van der Waals surface area contributed by atoms with E-state index in [9.17, 15) is 23.5 Å². The molecule has 0 aliphatic rings. The molecule has 1 amide bonds. The number of hydrogen-bond donors (Lipinski definition) is 2. The number of aromatic nitrogens is 2. The monoisotopic (exact) mass is 457 g/mol. The van der Waals surface area contributed by atoms with Gasteiger partial charge in [0.15, 0.2) is 5.67 Å². The van der Waals surface area contributed by atoms with E-state index < -0.39 is 35.6 Å². The van der Waals surface area contributed by atoms with E-state index in [1.165, 1.54) is 32.2 Å². The van der Waals surface area contributed by atoms with E-state index >= 15 is 0 Å². The molecular weight excluding hydrogens is 432 g/mol. The van der Waals surface area contributed by atoms with Crippen molar-refractivity contribution in [3.8, 4) is 11.4 Å². The van der Waals surface area contributed by atoms with Gasteiger partial charge in [0.2, 0.25) is 0 Å². The summed E-state index contributed by atoms with van der Waals surface area (Å²) < 4.78 is 34.9. The molecule has 0 aliphatic carbocycles. The van der Waals surface area contributed by atoms with E-state index in [-0.39, 0.29) is 11.4 Å². The summed E-state index contributed by atoms with van der Waals surface area (Å²) in [6.45, 7) is 4.04. The summed E-state index contributed by atoms with van der Waals surface area (Å²) in [4.78, 5) is 25.2. The smallest absolute Gasteiger partial charge is 0.272 e. The molecular formula is C24H25F2N3O4. The average Bonchev–Trinajstić information content (AvgIpc) is 2.79. The van der Waals surface area contributed by atoms with Gasteiger partial charge in [-0.15, -0.1) is 0 Å². The number of methoxy groups -OCH3 is 1. The predicted octanol–water partition coefficient (Wildman–Crippen LogP) is 3.36. The van der Waals surface area contributed by atoms with E-state index in [1.807, 2.05) is 0 Å². The van der Waals surface area contributed by atoms with E-state index in [4.69, 9.17) is 4.74 Å². The Morgan fingerprint density at radius 1 is 1.27 bits per heavy atom. The summed E-state index contributed by atoms with van der Waals surface area (Å²) in [6.07, 6.45) is 0. The molecule has 0 spiro atoms. The second kappa shape index (κ2) is 9.50. The van der Waals surface area contributed by atoms with E-state index in [2.05, 4.69) is 10.4 Å². The zero-order valence-corrected chi connectivity index (χ0v) is 18.7. The van der Waals surface area contributed by atoms with Gasteiger partial charge >= 0.3 is 0 Å². The molecule has 2 N–H and O–H groups in total. The number of alkyl halides is 1. The summed E-state index contributed by atoms with van der Waals surface area (Å²) >= 11 is 0. The van der Waals surface area contributed by atoms with Gasteiger partial charge in [-0.1, -0.05) is 18.2 Å². The Kier molecular flexibility index (Phi) is 6.92. The first-order valence-electron chi connectivity index (χ1n) is 10.2. The number of carbonyl (C=O) groups is 1. The minimum atomic E-state index is -1.93. The van der Waals surface area contributed by atoms with Crippen LogP contribution < -0.4 is 15.6 Å². The number of nitrogens with one attached hydrogen (secondary N) is 1. The number of rotatable bonds is 7. The predicted molar refractivity (Wildman–Crippen MR) is 119 cm³/mol. The van der Waals surface area contributed by atoms with Gasteiger partial charge in [0, 0.05) is 12.1 Å². The molecule has 1 unspecified atom stereocenters. The van der Waals surface area contributed by atoms with Gasteiger partial charge in [-0.05, 0) is 55.7 Å². The van der Waals surface area contributed by atoms with Crippen molar-refractivity contribution < 1.29 is 23.4 Å². The standard InChI is InChI=1S/C24H25F2N3O4/c1-14-17(6-5-7-18(14)24(3,26)13-30)15(2)27-23(32)20-10-11-22(31)29(28-20)21-12-16(33-4)8-9-19(21)25/h5-12,15,30H,13H2,1-4H3,(H,27,32)/t15-,24?/m1/s1. The number of halogens is 2. The number of benzene rings is 2. The highest BCUT2D eigenvalue weighted by molar-refractivity contribution is 5.92. The zero-order chi connectivity index (χ0) is 24.3. The first kappa shape index (κ1) is 24.1. The maximum atomic E-state index is 14.7. The number of hydrogen-bond acceptors (Lipinski definition) is 5. The molecule has 9 heteroatoms. The summed E-state index contributed by atoms with van der Waals surface area (Å²) in [6, 6.07) is 10.6. The Morgan fingerprint density at radius 2 is 2.00 bits per heavy atom. The molecule has 2 aromatic carbocycles. The van der Waals surface area contributed by atoms with Gasteiger partial charge in [0.05, 0.1) is 19.8 Å². The second-order valence-corrected chi connectivity index (χ2v) is 7.86. The fraction of sp³-hybridized carbons (Fsp3) is 0.292. The Labute approximate surface area is 189 Å². The Morgan fingerprint density at radius 3 is 2.67 bits per heavy atom. The van der Waals surface area contributed by atoms with Crippen LogP contribution in [0.2, 0.25) is 0 Å². The molecule has 0 saturated carbocycles. The third kappa shape index (κ3) is 4.93. The summed E-state index contributed by atoms with van der Waals surface area (Å²) in [7, 11) is 1.40. The lowest BCUT2D eigenvalue weighted by Gasteiger charge is -2.24. The Balaban J connectivity index is 1.92. The van der Waals surface area contributed by atoms with E-state index in [0.29, 0.717) is 22.4 Å². The molecule has 0 saturated heterocycles. The van der Waals surface area contributed by atoms with Gasteiger partial charge in [-0.25, -0.2) is 8.78 Å². The van der Waals surface area contributed by atoms with Crippen LogP contribution >= 0.6 is 0 Å². The molecule has 3 rings (SSSR count). The van der Waals surface area contributed by atoms with E-state index in [0.717, 1.165) is 16.8 Å². The van der Waals surface area contributed by atoms with Crippen LogP contribution in [0.25, 0.3) is 5.69 Å². The third-order valence-electron chi connectivity index (χ3n) is 5.46. The minimum absolute atomic E-state index is 0.108. The minimum Gasteiger partial charge on any atom is -0.497 e. The number of ether oxygens (including phenoxy) is 1. The lowest BCUT2D eigenvalue weighted by Crippen LogP contribution is -2.31. The molecule has 1 aromatic heterocycles. The van der Waals surface area contributed by atoms with Crippen LogP contribution in [0.5, 0.6) is 5.75 Å². The molecule has 0 bridgehead atoms. The number of amides is 1. The van der Waals surface area contributed by atoms with Crippen LogP contribution in [0.1, 0.15) is 47.1 Å². The molecule has 2 atom stereocenters. The van der Waals surface area contributed by atoms with Crippen molar-refractivity contribution in [3.63, 3.8) is 0 Å². The topological polar surface area (TPSA) is 93.5 Å². The maximum absolute atomic E-state index is 14.7. The molecule has 7 nitrogen and oxygen atoms in total. The van der Waals surface area contributed by atoms with Crippen molar-refractivity contribution in [1.82, 2.24) is 15.1 Å². The highest BCUT2D eigenvalue weighted by Crippen LogP contribution is 2.31. The molecule has 3 aromatic rings. The molecule has 174 valence electrons. The Bertz CT molecular complexity index is 1240. The van der Waals surface area contributed by atoms with E-state index in [1.54, 1.807) is 32.0 Å². The van der Waals surface area contributed by atoms with Crippen molar-refractivity contribution in [1.29, 1.82) is 0 Å². The van der Waals surface area contributed by atoms with Crippen LogP contribution in [0.4, 0.5) is 8.78 Å². The fourth-order valence-corrected chi connectivity index (χ4v) is 3.61. The van der Waals surface area contributed by atoms with Gasteiger partial charge in [-0.3, -0.25) is 9.59 Å². The number of aliphatic hydroxyl groups excluding tert-OH is 1. The van der Waals surface area contributed by atoms with Crippen molar-refractivity contribution in [3.05, 3.63) is 87.1 Å². The average molecular weight is 457 g/mol. The lowest BCUT2D eigenvalue weighted by atomic mass is 9.89. The normalized spacial score (nSPS) is 13.8. The van der Waals surface area contributed by atoms with Gasteiger partial charge in [0.1, 0.15) is 22.9 Å². The molecule has 33 heavy (non-hydrogen) atoms. The quantitative estimate of drug-likeness (QED) is 0.568.